The lowest BCUT2D eigenvalue weighted by atomic mass is 9.93. The van der Waals surface area contributed by atoms with Gasteiger partial charge in [0.05, 0.1) is 11.6 Å². The van der Waals surface area contributed by atoms with Gasteiger partial charge in [0.15, 0.2) is 5.96 Å². The number of hydrogen-bond acceptors (Lipinski definition) is 4. The molecule has 2 N–H and O–H groups in total. The molecule has 0 aliphatic rings. The molecule has 1 unspecified atom stereocenters. The van der Waals surface area contributed by atoms with Crippen LogP contribution in [0.15, 0.2) is 11.2 Å². The molecule has 0 aromatic carbocycles. The van der Waals surface area contributed by atoms with Gasteiger partial charge in [-0.1, -0.05) is 26.7 Å². The van der Waals surface area contributed by atoms with Gasteiger partial charge >= 0.3 is 0 Å². The van der Waals surface area contributed by atoms with Crippen molar-refractivity contribution in [1.29, 1.82) is 0 Å². The minimum absolute atomic E-state index is 0.483. The smallest absolute Gasteiger partial charge is 0.191 e. The standard InChI is InChI=1S/C18H35N5S/c1-7-15(8-2)16(23(5)6)13-22-18(19-9-3)20-11-10-17-21-12-14(4)24-17/h12,15-16H,7-11,13H2,1-6H3,(H2,19,20,22). The lowest BCUT2D eigenvalue weighted by Gasteiger charge is -2.30. The molecule has 0 bridgehead atoms. The fourth-order valence-corrected chi connectivity index (χ4v) is 3.68. The number of nitrogens with one attached hydrogen (secondary N) is 2. The van der Waals surface area contributed by atoms with Gasteiger partial charge in [-0.05, 0) is 33.9 Å². The van der Waals surface area contributed by atoms with Crippen LogP contribution in [0.3, 0.4) is 0 Å². The van der Waals surface area contributed by atoms with Gasteiger partial charge in [-0.3, -0.25) is 4.99 Å². The predicted octanol–water partition coefficient (Wildman–Crippen LogP) is 2.92. The molecular formula is C18H35N5S. The van der Waals surface area contributed by atoms with E-state index in [4.69, 9.17) is 4.99 Å². The van der Waals surface area contributed by atoms with Crippen molar-refractivity contribution in [1.82, 2.24) is 20.5 Å². The minimum atomic E-state index is 0.483. The Morgan fingerprint density at radius 2 is 1.96 bits per heavy atom. The van der Waals surface area contributed by atoms with E-state index in [0.29, 0.717) is 12.0 Å². The Labute approximate surface area is 152 Å². The van der Waals surface area contributed by atoms with Gasteiger partial charge < -0.3 is 15.5 Å². The highest BCUT2D eigenvalue weighted by atomic mass is 32.1. The number of thiazole rings is 1. The zero-order valence-electron chi connectivity index (χ0n) is 16.2. The first kappa shape index (κ1) is 20.9. The van der Waals surface area contributed by atoms with Gasteiger partial charge in [0, 0.05) is 36.6 Å². The molecule has 0 aliphatic carbocycles. The van der Waals surface area contributed by atoms with Gasteiger partial charge in [0.25, 0.3) is 0 Å². The second-order valence-electron chi connectivity index (χ2n) is 6.37. The van der Waals surface area contributed by atoms with Crippen molar-refractivity contribution in [3.8, 4) is 0 Å². The van der Waals surface area contributed by atoms with Crippen molar-refractivity contribution in [3.05, 3.63) is 16.1 Å². The molecule has 0 saturated heterocycles. The van der Waals surface area contributed by atoms with Crippen LogP contribution >= 0.6 is 11.3 Å². The van der Waals surface area contributed by atoms with Crippen LogP contribution in [0, 0.1) is 12.8 Å². The maximum atomic E-state index is 4.82. The van der Waals surface area contributed by atoms with Crippen molar-refractivity contribution in [2.24, 2.45) is 10.9 Å². The van der Waals surface area contributed by atoms with Crippen LogP contribution < -0.4 is 10.6 Å². The summed E-state index contributed by atoms with van der Waals surface area (Å²) in [5.41, 5.74) is 0. The third-order valence-corrected chi connectivity index (χ3v) is 5.31. The van der Waals surface area contributed by atoms with E-state index in [1.54, 1.807) is 11.3 Å². The van der Waals surface area contributed by atoms with Crippen molar-refractivity contribution >= 4 is 17.3 Å². The summed E-state index contributed by atoms with van der Waals surface area (Å²) in [7, 11) is 4.31. The van der Waals surface area contributed by atoms with Crippen LogP contribution in [0.4, 0.5) is 0 Å². The van der Waals surface area contributed by atoms with Crippen LogP contribution in [0.5, 0.6) is 0 Å². The molecule has 1 aromatic heterocycles. The number of nitrogens with zero attached hydrogens (tertiary/aromatic N) is 3. The Morgan fingerprint density at radius 3 is 2.46 bits per heavy atom. The highest BCUT2D eigenvalue weighted by Gasteiger charge is 2.20. The van der Waals surface area contributed by atoms with E-state index >= 15 is 0 Å². The number of hydrogen-bond donors (Lipinski definition) is 2. The third kappa shape index (κ3) is 7.18. The van der Waals surface area contributed by atoms with Crippen LogP contribution in [-0.2, 0) is 6.42 Å². The number of guanidine groups is 1. The SMILES string of the molecule is CCNC(=NCC(C(CC)CC)N(C)C)NCCc1ncc(C)s1. The Hall–Kier alpha value is -1.14. The van der Waals surface area contributed by atoms with Crippen LogP contribution in [-0.4, -0.2) is 55.6 Å². The van der Waals surface area contributed by atoms with Crippen LogP contribution in [0.25, 0.3) is 0 Å². The molecule has 0 fully saturated rings. The highest BCUT2D eigenvalue weighted by Crippen LogP contribution is 2.17. The number of aryl methyl sites for hydroxylation is 1. The Balaban J connectivity index is 2.58. The molecule has 0 aliphatic heterocycles. The monoisotopic (exact) mass is 353 g/mol. The number of aliphatic imine (C=N–C) groups is 1. The summed E-state index contributed by atoms with van der Waals surface area (Å²) in [5, 5.41) is 7.96. The summed E-state index contributed by atoms with van der Waals surface area (Å²) in [6.07, 6.45) is 5.27. The van der Waals surface area contributed by atoms with Gasteiger partial charge in [-0.15, -0.1) is 11.3 Å². The van der Waals surface area contributed by atoms with E-state index in [9.17, 15) is 0 Å². The van der Waals surface area contributed by atoms with E-state index < -0.39 is 0 Å². The molecular weight excluding hydrogens is 318 g/mol. The summed E-state index contributed by atoms with van der Waals surface area (Å²) in [6.45, 7) is 11.3. The molecule has 0 spiro atoms. The number of aromatic nitrogens is 1. The van der Waals surface area contributed by atoms with Gasteiger partial charge in [0.2, 0.25) is 0 Å². The zero-order chi connectivity index (χ0) is 17.9. The molecule has 0 amide bonds. The summed E-state index contributed by atoms with van der Waals surface area (Å²) < 4.78 is 0. The maximum absolute atomic E-state index is 4.82. The Morgan fingerprint density at radius 1 is 1.25 bits per heavy atom. The number of likely N-dealkylation sites (N-methyl/N-ethyl adjacent to an activating group) is 1. The van der Waals surface area contributed by atoms with Gasteiger partial charge in [0.1, 0.15) is 0 Å². The molecule has 1 rings (SSSR count). The summed E-state index contributed by atoms with van der Waals surface area (Å²) in [4.78, 5) is 12.8. The van der Waals surface area contributed by atoms with Crippen molar-refractivity contribution in [2.75, 3.05) is 33.7 Å². The average Bonchev–Trinajstić information content (AvgIpc) is 2.96. The lowest BCUT2D eigenvalue weighted by molar-refractivity contribution is 0.206. The summed E-state index contributed by atoms with van der Waals surface area (Å²) >= 11 is 1.77. The van der Waals surface area contributed by atoms with Gasteiger partial charge in [-0.2, -0.15) is 0 Å². The maximum Gasteiger partial charge on any atom is 0.191 e. The zero-order valence-corrected chi connectivity index (χ0v) is 17.0. The van der Waals surface area contributed by atoms with E-state index in [2.05, 4.69) is 62.3 Å². The highest BCUT2D eigenvalue weighted by molar-refractivity contribution is 7.11. The van der Waals surface area contributed by atoms with E-state index in [1.165, 1.54) is 22.7 Å². The molecule has 24 heavy (non-hydrogen) atoms. The first-order chi connectivity index (χ1) is 11.5. The predicted molar refractivity (Wildman–Crippen MR) is 106 cm³/mol. The first-order valence-corrected chi connectivity index (χ1v) is 9.93. The third-order valence-electron chi connectivity index (χ3n) is 4.34. The normalized spacial score (nSPS) is 13.6. The molecule has 5 nitrogen and oxygen atoms in total. The van der Waals surface area contributed by atoms with Crippen molar-refractivity contribution in [3.63, 3.8) is 0 Å². The summed E-state index contributed by atoms with van der Waals surface area (Å²) in [6, 6.07) is 0.483. The van der Waals surface area contributed by atoms with E-state index in [0.717, 1.165) is 32.0 Å². The molecule has 138 valence electrons. The van der Waals surface area contributed by atoms with E-state index in [-0.39, 0.29) is 0 Å². The molecule has 0 radical (unpaired) electrons. The first-order valence-electron chi connectivity index (χ1n) is 9.11. The summed E-state index contributed by atoms with van der Waals surface area (Å²) in [5.74, 6) is 1.59. The second-order valence-corrected chi connectivity index (χ2v) is 7.69. The van der Waals surface area contributed by atoms with Crippen molar-refractivity contribution in [2.45, 2.75) is 53.0 Å². The van der Waals surface area contributed by atoms with Gasteiger partial charge in [-0.25, -0.2) is 4.98 Å². The second kappa shape index (κ2) is 11.4. The molecule has 0 saturated carbocycles. The topological polar surface area (TPSA) is 52.6 Å². The minimum Gasteiger partial charge on any atom is -0.357 e. The van der Waals surface area contributed by atoms with Crippen LogP contribution in [0.1, 0.15) is 43.5 Å². The molecule has 1 atom stereocenters. The largest absolute Gasteiger partial charge is 0.357 e. The van der Waals surface area contributed by atoms with Crippen molar-refractivity contribution < 1.29 is 0 Å². The fraction of sp³-hybridized carbons (Fsp3) is 0.778. The quantitative estimate of drug-likeness (QED) is 0.502. The molecule has 6 heteroatoms. The van der Waals surface area contributed by atoms with E-state index in [1.807, 2.05) is 6.20 Å². The number of rotatable bonds is 10. The fourth-order valence-electron chi connectivity index (χ4n) is 2.90. The average molecular weight is 354 g/mol. The molecule has 1 heterocycles. The Kier molecular flexibility index (Phi) is 9.95. The van der Waals surface area contributed by atoms with Crippen LogP contribution in [0.2, 0.25) is 0 Å². The lowest BCUT2D eigenvalue weighted by Crippen LogP contribution is -2.42. The molecule has 1 aromatic rings. The Bertz CT molecular complexity index is 480.